The number of anilines is 1. The van der Waals surface area contributed by atoms with Crippen molar-refractivity contribution < 1.29 is 9.53 Å². The van der Waals surface area contributed by atoms with Gasteiger partial charge in [-0.2, -0.15) is 0 Å². The summed E-state index contributed by atoms with van der Waals surface area (Å²) in [5.74, 6) is 0.347. The van der Waals surface area contributed by atoms with Crippen LogP contribution < -0.4 is 10.1 Å². The molecule has 0 aliphatic rings. The highest BCUT2D eigenvalue weighted by molar-refractivity contribution is 6.44. The second kappa shape index (κ2) is 6.83. The number of aryl methyl sites for hydroxylation is 1. The predicted molar refractivity (Wildman–Crippen MR) is 86.4 cm³/mol. The Balaban J connectivity index is 2.02. The first-order valence-electron chi connectivity index (χ1n) is 6.45. The number of carbonyl (C=O) groups is 1. The Morgan fingerprint density at radius 3 is 2.48 bits per heavy atom. The van der Waals surface area contributed by atoms with Crippen molar-refractivity contribution in [2.45, 2.75) is 20.0 Å². The first-order valence-corrected chi connectivity index (χ1v) is 7.21. The quantitative estimate of drug-likeness (QED) is 0.885. The van der Waals surface area contributed by atoms with Crippen LogP contribution in [0.25, 0.3) is 0 Å². The standard InChI is InChI=1S/C16H15Cl2NO2/c1-10-6-8-12(9-7-10)21-11(2)16(20)19-14-5-3-4-13(17)15(14)18/h3-9,11H,1-2H3,(H,19,20)/t11-/m1/s1. The average Bonchev–Trinajstić information content (AvgIpc) is 2.46. The Labute approximate surface area is 133 Å². The average molecular weight is 324 g/mol. The van der Waals surface area contributed by atoms with E-state index in [1.807, 2.05) is 31.2 Å². The lowest BCUT2D eigenvalue weighted by Gasteiger charge is -2.15. The summed E-state index contributed by atoms with van der Waals surface area (Å²) in [5.41, 5.74) is 1.60. The maximum Gasteiger partial charge on any atom is 0.265 e. The molecule has 2 rings (SSSR count). The molecule has 21 heavy (non-hydrogen) atoms. The van der Waals surface area contributed by atoms with Gasteiger partial charge in [-0.1, -0.05) is 47.0 Å². The highest BCUT2D eigenvalue weighted by Crippen LogP contribution is 2.29. The summed E-state index contributed by atoms with van der Waals surface area (Å²) < 4.78 is 5.59. The smallest absolute Gasteiger partial charge is 0.265 e. The third-order valence-corrected chi connectivity index (χ3v) is 3.73. The van der Waals surface area contributed by atoms with E-state index in [1.54, 1.807) is 25.1 Å². The minimum absolute atomic E-state index is 0.292. The van der Waals surface area contributed by atoms with Crippen LogP contribution >= 0.6 is 23.2 Å². The highest BCUT2D eigenvalue weighted by Gasteiger charge is 2.16. The molecule has 5 heteroatoms. The molecule has 3 nitrogen and oxygen atoms in total. The molecule has 2 aromatic carbocycles. The van der Waals surface area contributed by atoms with Gasteiger partial charge in [0.15, 0.2) is 6.10 Å². The van der Waals surface area contributed by atoms with E-state index >= 15 is 0 Å². The van der Waals surface area contributed by atoms with Crippen LogP contribution in [0.4, 0.5) is 5.69 Å². The predicted octanol–water partition coefficient (Wildman–Crippen LogP) is 4.71. The SMILES string of the molecule is Cc1ccc(O[C@H](C)C(=O)Nc2cccc(Cl)c2Cl)cc1. The molecule has 0 aliphatic carbocycles. The van der Waals surface area contributed by atoms with Crippen molar-refractivity contribution in [2.24, 2.45) is 0 Å². The molecule has 0 unspecified atom stereocenters. The molecule has 1 amide bonds. The Bertz CT molecular complexity index is 641. The van der Waals surface area contributed by atoms with Gasteiger partial charge < -0.3 is 10.1 Å². The number of halogens is 2. The van der Waals surface area contributed by atoms with E-state index in [-0.39, 0.29) is 5.91 Å². The fourth-order valence-corrected chi connectivity index (χ4v) is 2.06. The Morgan fingerprint density at radius 2 is 1.81 bits per heavy atom. The summed E-state index contributed by atoms with van der Waals surface area (Å²) in [4.78, 5) is 12.1. The molecule has 0 fully saturated rings. The molecule has 2 aromatic rings. The van der Waals surface area contributed by atoms with Crippen LogP contribution in [0.2, 0.25) is 10.0 Å². The summed E-state index contributed by atoms with van der Waals surface area (Å²) in [6, 6.07) is 12.6. The molecule has 0 radical (unpaired) electrons. The third-order valence-electron chi connectivity index (χ3n) is 2.91. The molecule has 0 saturated heterocycles. The monoisotopic (exact) mass is 323 g/mol. The molecular formula is C16H15Cl2NO2. The summed E-state index contributed by atoms with van der Waals surface area (Å²) in [5, 5.41) is 3.41. The number of carbonyl (C=O) groups excluding carboxylic acids is 1. The van der Waals surface area contributed by atoms with E-state index in [2.05, 4.69) is 5.32 Å². The highest BCUT2D eigenvalue weighted by atomic mass is 35.5. The number of ether oxygens (including phenoxy) is 1. The van der Waals surface area contributed by atoms with E-state index in [1.165, 1.54) is 0 Å². The van der Waals surface area contributed by atoms with E-state index in [4.69, 9.17) is 27.9 Å². The number of benzene rings is 2. The molecule has 0 aliphatic heterocycles. The van der Waals surface area contributed by atoms with Crippen LogP contribution in [0.3, 0.4) is 0 Å². The number of amides is 1. The molecule has 110 valence electrons. The van der Waals surface area contributed by atoms with Gasteiger partial charge in [0.25, 0.3) is 5.91 Å². The topological polar surface area (TPSA) is 38.3 Å². The van der Waals surface area contributed by atoms with Gasteiger partial charge in [0.2, 0.25) is 0 Å². The fraction of sp³-hybridized carbons (Fsp3) is 0.188. The lowest BCUT2D eigenvalue weighted by atomic mass is 10.2. The summed E-state index contributed by atoms with van der Waals surface area (Å²) in [6.45, 7) is 3.66. The van der Waals surface area contributed by atoms with E-state index < -0.39 is 6.10 Å². The van der Waals surface area contributed by atoms with Crippen molar-refractivity contribution in [1.82, 2.24) is 0 Å². The summed E-state index contributed by atoms with van der Waals surface area (Å²) in [7, 11) is 0. The minimum Gasteiger partial charge on any atom is -0.481 e. The number of hydrogen-bond donors (Lipinski definition) is 1. The Hall–Kier alpha value is -1.71. The minimum atomic E-state index is -0.650. The molecule has 0 saturated carbocycles. The normalized spacial score (nSPS) is 11.8. The zero-order valence-corrected chi connectivity index (χ0v) is 13.2. The van der Waals surface area contributed by atoms with Crippen molar-refractivity contribution in [3.05, 3.63) is 58.1 Å². The van der Waals surface area contributed by atoms with Gasteiger partial charge in [-0.15, -0.1) is 0 Å². The van der Waals surface area contributed by atoms with Crippen molar-refractivity contribution >= 4 is 34.8 Å². The number of nitrogens with one attached hydrogen (secondary N) is 1. The van der Waals surface area contributed by atoms with Gasteiger partial charge in [-0.3, -0.25) is 4.79 Å². The van der Waals surface area contributed by atoms with Gasteiger partial charge in [0, 0.05) is 0 Å². The van der Waals surface area contributed by atoms with Gasteiger partial charge >= 0.3 is 0 Å². The van der Waals surface area contributed by atoms with E-state index in [9.17, 15) is 4.79 Å². The van der Waals surface area contributed by atoms with Crippen LogP contribution in [-0.4, -0.2) is 12.0 Å². The van der Waals surface area contributed by atoms with Crippen molar-refractivity contribution in [3.63, 3.8) is 0 Å². The first kappa shape index (κ1) is 15.7. The Kier molecular flexibility index (Phi) is 5.10. The zero-order chi connectivity index (χ0) is 15.4. The van der Waals surface area contributed by atoms with E-state index in [0.29, 0.717) is 21.5 Å². The third kappa shape index (κ3) is 4.13. The maximum atomic E-state index is 12.1. The van der Waals surface area contributed by atoms with Crippen molar-refractivity contribution in [2.75, 3.05) is 5.32 Å². The maximum absolute atomic E-state index is 12.1. The van der Waals surface area contributed by atoms with Crippen LogP contribution in [0.5, 0.6) is 5.75 Å². The summed E-state index contributed by atoms with van der Waals surface area (Å²) in [6.07, 6.45) is -0.650. The molecule has 0 spiro atoms. The van der Waals surface area contributed by atoms with Gasteiger partial charge in [0.1, 0.15) is 5.75 Å². The summed E-state index contributed by atoms with van der Waals surface area (Å²) >= 11 is 11.9. The molecule has 0 heterocycles. The van der Waals surface area contributed by atoms with Crippen LogP contribution in [0, 0.1) is 6.92 Å². The molecule has 1 N–H and O–H groups in total. The van der Waals surface area contributed by atoms with Crippen molar-refractivity contribution in [3.8, 4) is 5.75 Å². The van der Waals surface area contributed by atoms with Gasteiger partial charge in [-0.25, -0.2) is 0 Å². The molecule has 1 atom stereocenters. The van der Waals surface area contributed by atoms with E-state index in [0.717, 1.165) is 5.56 Å². The first-order chi connectivity index (χ1) is 9.97. The van der Waals surface area contributed by atoms with Crippen LogP contribution in [0.1, 0.15) is 12.5 Å². The van der Waals surface area contributed by atoms with Crippen LogP contribution in [-0.2, 0) is 4.79 Å². The van der Waals surface area contributed by atoms with Crippen LogP contribution in [0.15, 0.2) is 42.5 Å². The largest absolute Gasteiger partial charge is 0.481 e. The zero-order valence-electron chi connectivity index (χ0n) is 11.7. The van der Waals surface area contributed by atoms with Crippen molar-refractivity contribution in [1.29, 1.82) is 0 Å². The Morgan fingerprint density at radius 1 is 1.14 bits per heavy atom. The number of hydrogen-bond acceptors (Lipinski definition) is 2. The second-order valence-corrected chi connectivity index (χ2v) is 5.45. The fourth-order valence-electron chi connectivity index (χ4n) is 1.71. The van der Waals surface area contributed by atoms with Gasteiger partial charge in [-0.05, 0) is 38.1 Å². The lowest BCUT2D eigenvalue weighted by Crippen LogP contribution is -2.30. The van der Waals surface area contributed by atoms with Gasteiger partial charge in [0.05, 0.1) is 15.7 Å². The second-order valence-electron chi connectivity index (χ2n) is 4.66. The molecule has 0 bridgehead atoms. The molecule has 0 aromatic heterocycles. The molecular weight excluding hydrogens is 309 g/mol. The number of rotatable bonds is 4. The lowest BCUT2D eigenvalue weighted by molar-refractivity contribution is -0.122.